The topological polar surface area (TPSA) is 29.9 Å². The van der Waals surface area contributed by atoms with Crippen molar-refractivity contribution in [3.8, 4) is 11.3 Å². The third kappa shape index (κ3) is 2.63. The molecule has 0 fully saturated rings. The van der Waals surface area contributed by atoms with Crippen LogP contribution in [0.15, 0.2) is 24.3 Å². The summed E-state index contributed by atoms with van der Waals surface area (Å²) in [6.45, 7) is 0.973. The summed E-state index contributed by atoms with van der Waals surface area (Å²) in [4.78, 5) is 0. The Hall–Kier alpha value is -1.61. The van der Waals surface area contributed by atoms with Gasteiger partial charge in [0.1, 0.15) is 0 Å². The molecule has 1 aliphatic carbocycles. The number of hydrogen-bond acceptors (Lipinski definition) is 2. The fraction of sp³-hybridized carbons (Fsp3) is 0.471. The summed E-state index contributed by atoms with van der Waals surface area (Å²) in [6.07, 6.45) is 6.12. The molecular formula is C17H23N3. The Morgan fingerprint density at radius 3 is 2.75 bits per heavy atom. The highest BCUT2D eigenvalue weighted by molar-refractivity contribution is 5.62. The van der Waals surface area contributed by atoms with Crippen molar-refractivity contribution < 1.29 is 0 Å². The monoisotopic (exact) mass is 269 g/mol. The summed E-state index contributed by atoms with van der Waals surface area (Å²) in [7, 11) is 4.02. The molecule has 20 heavy (non-hydrogen) atoms. The lowest BCUT2D eigenvalue weighted by Crippen LogP contribution is -2.10. The highest BCUT2D eigenvalue weighted by Crippen LogP contribution is 2.27. The van der Waals surface area contributed by atoms with E-state index in [0.29, 0.717) is 0 Å². The molecule has 1 aromatic heterocycles. The van der Waals surface area contributed by atoms with Gasteiger partial charge in [-0.25, -0.2) is 0 Å². The van der Waals surface area contributed by atoms with E-state index in [-0.39, 0.29) is 0 Å². The molecule has 0 atom stereocenters. The molecule has 3 nitrogen and oxygen atoms in total. The van der Waals surface area contributed by atoms with Crippen molar-refractivity contribution in [1.82, 2.24) is 15.1 Å². The maximum atomic E-state index is 4.61. The van der Waals surface area contributed by atoms with E-state index in [1.54, 1.807) is 0 Å². The number of aromatic nitrogens is 2. The number of hydrogen-bond donors (Lipinski definition) is 1. The van der Waals surface area contributed by atoms with Gasteiger partial charge in [0, 0.05) is 25.6 Å². The van der Waals surface area contributed by atoms with Gasteiger partial charge in [-0.05, 0) is 56.0 Å². The average molecular weight is 269 g/mol. The minimum absolute atomic E-state index is 0.973. The van der Waals surface area contributed by atoms with Gasteiger partial charge in [-0.1, -0.05) is 12.1 Å². The number of benzene rings is 1. The fourth-order valence-electron chi connectivity index (χ4n) is 3.06. The van der Waals surface area contributed by atoms with Crippen LogP contribution >= 0.6 is 0 Å². The SMILES string of the molecule is CNCCc1cc(-c2ccc3c(c2)CCCC3)n(C)n1. The molecule has 1 N–H and O–H groups in total. The van der Waals surface area contributed by atoms with Crippen LogP contribution in [0.2, 0.25) is 0 Å². The molecular weight excluding hydrogens is 246 g/mol. The summed E-state index contributed by atoms with van der Waals surface area (Å²) in [6, 6.07) is 9.16. The lowest BCUT2D eigenvalue weighted by molar-refractivity contribution is 0.685. The maximum absolute atomic E-state index is 4.61. The van der Waals surface area contributed by atoms with E-state index in [9.17, 15) is 0 Å². The van der Waals surface area contributed by atoms with Crippen LogP contribution in [-0.2, 0) is 26.3 Å². The first-order valence-electron chi connectivity index (χ1n) is 7.57. The van der Waals surface area contributed by atoms with Gasteiger partial charge in [-0.3, -0.25) is 4.68 Å². The first-order valence-corrected chi connectivity index (χ1v) is 7.57. The number of aryl methyl sites for hydroxylation is 3. The molecule has 0 aliphatic heterocycles. The molecule has 3 rings (SSSR count). The van der Waals surface area contributed by atoms with Crippen molar-refractivity contribution in [1.29, 1.82) is 0 Å². The molecule has 1 aromatic carbocycles. The average Bonchev–Trinajstić information content (AvgIpc) is 2.85. The van der Waals surface area contributed by atoms with E-state index in [1.165, 1.54) is 48.1 Å². The molecule has 3 heteroatoms. The fourth-order valence-corrected chi connectivity index (χ4v) is 3.06. The Morgan fingerprint density at radius 1 is 1.15 bits per heavy atom. The Labute approximate surface area is 121 Å². The van der Waals surface area contributed by atoms with Crippen LogP contribution in [0.5, 0.6) is 0 Å². The smallest absolute Gasteiger partial charge is 0.0681 e. The second-order valence-electron chi connectivity index (χ2n) is 5.69. The van der Waals surface area contributed by atoms with Crippen molar-refractivity contribution in [2.75, 3.05) is 13.6 Å². The minimum Gasteiger partial charge on any atom is -0.319 e. The number of likely N-dealkylation sites (N-methyl/N-ethyl adjacent to an activating group) is 1. The normalized spacial score (nSPS) is 14.3. The van der Waals surface area contributed by atoms with Crippen LogP contribution in [0.3, 0.4) is 0 Å². The van der Waals surface area contributed by atoms with E-state index in [4.69, 9.17) is 0 Å². The number of nitrogens with one attached hydrogen (secondary N) is 1. The lowest BCUT2D eigenvalue weighted by atomic mass is 9.90. The van der Waals surface area contributed by atoms with Gasteiger partial charge >= 0.3 is 0 Å². The first-order chi connectivity index (χ1) is 9.78. The molecule has 0 unspecified atom stereocenters. The Balaban J connectivity index is 1.90. The number of fused-ring (bicyclic) bond motifs is 1. The zero-order chi connectivity index (χ0) is 13.9. The highest BCUT2D eigenvalue weighted by atomic mass is 15.3. The molecule has 0 saturated heterocycles. The van der Waals surface area contributed by atoms with Gasteiger partial charge in [0.05, 0.1) is 11.4 Å². The maximum Gasteiger partial charge on any atom is 0.0681 e. The van der Waals surface area contributed by atoms with Crippen LogP contribution in [0.4, 0.5) is 0 Å². The van der Waals surface area contributed by atoms with E-state index in [1.807, 2.05) is 18.8 Å². The Morgan fingerprint density at radius 2 is 1.95 bits per heavy atom. The summed E-state index contributed by atoms with van der Waals surface area (Å²) >= 11 is 0. The molecule has 2 aromatic rings. The summed E-state index contributed by atoms with van der Waals surface area (Å²) < 4.78 is 2.01. The number of rotatable bonds is 4. The molecule has 0 bridgehead atoms. The zero-order valence-corrected chi connectivity index (χ0v) is 12.4. The van der Waals surface area contributed by atoms with Crippen LogP contribution in [-0.4, -0.2) is 23.4 Å². The van der Waals surface area contributed by atoms with Crippen molar-refractivity contribution in [2.24, 2.45) is 7.05 Å². The van der Waals surface area contributed by atoms with Crippen molar-refractivity contribution in [3.05, 3.63) is 41.1 Å². The third-order valence-electron chi connectivity index (χ3n) is 4.21. The van der Waals surface area contributed by atoms with Gasteiger partial charge in [0.2, 0.25) is 0 Å². The van der Waals surface area contributed by atoms with E-state index < -0.39 is 0 Å². The Bertz CT molecular complexity index is 598. The van der Waals surface area contributed by atoms with E-state index in [0.717, 1.165) is 18.7 Å². The lowest BCUT2D eigenvalue weighted by Gasteiger charge is -2.16. The van der Waals surface area contributed by atoms with E-state index in [2.05, 4.69) is 34.7 Å². The van der Waals surface area contributed by atoms with Gasteiger partial charge in [0.15, 0.2) is 0 Å². The van der Waals surface area contributed by atoms with Crippen molar-refractivity contribution in [2.45, 2.75) is 32.1 Å². The molecule has 1 heterocycles. The second kappa shape index (κ2) is 5.80. The second-order valence-corrected chi connectivity index (χ2v) is 5.69. The molecule has 0 saturated carbocycles. The molecule has 0 spiro atoms. The first kappa shape index (κ1) is 13.4. The van der Waals surface area contributed by atoms with Gasteiger partial charge in [-0.15, -0.1) is 0 Å². The summed E-state index contributed by atoms with van der Waals surface area (Å²) in [5, 5.41) is 7.79. The van der Waals surface area contributed by atoms with Crippen LogP contribution < -0.4 is 5.32 Å². The predicted molar refractivity (Wildman–Crippen MR) is 82.9 cm³/mol. The third-order valence-corrected chi connectivity index (χ3v) is 4.21. The zero-order valence-electron chi connectivity index (χ0n) is 12.4. The minimum atomic E-state index is 0.973. The van der Waals surface area contributed by atoms with Gasteiger partial charge < -0.3 is 5.32 Å². The molecule has 1 aliphatic rings. The summed E-state index contributed by atoms with van der Waals surface area (Å²) in [5.74, 6) is 0. The van der Waals surface area contributed by atoms with Crippen LogP contribution in [0.1, 0.15) is 29.7 Å². The van der Waals surface area contributed by atoms with Crippen molar-refractivity contribution >= 4 is 0 Å². The number of nitrogens with zero attached hydrogens (tertiary/aromatic N) is 2. The molecule has 0 radical (unpaired) electrons. The standard InChI is InChI=1S/C17H23N3/c1-18-10-9-16-12-17(20(2)19-16)15-8-7-13-5-3-4-6-14(13)11-15/h7-8,11-12,18H,3-6,9-10H2,1-2H3. The highest BCUT2D eigenvalue weighted by Gasteiger charge is 2.12. The quantitative estimate of drug-likeness (QED) is 0.925. The van der Waals surface area contributed by atoms with Gasteiger partial charge in [-0.2, -0.15) is 5.10 Å². The largest absolute Gasteiger partial charge is 0.319 e. The summed E-state index contributed by atoms with van der Waals surface area (Å²) in [5.41, 5.74) is 6.76. The van der Waals surface area contributed by atoms with E-state index >= 15 is 0 Å². The van der Waals surface area contributed by atoms with Gasteiger partial charge in [0.25, 0.3) is 0 Å². The molecule has 106 valence electrons. The van der Waals surface area contributed by atoms with Crippen LogP contribution in [0.25, 0.3) is 11.3 Å². The predicted octanol–water partition coefficient (Wildman–Crippen LogP) is 2.73. The Kier molecular flexibility index (Phi) is 3.88. The van der Waals surface area contributed by atoms with Crippen LogP contribution in [0, 0.1) is 0 Å². The van der Waals surface area contributed by atoms with Crippen molar-refractivity contribution in [3.63, 3.8) is 0 Å². The molecule has 0 amide bonds.